The predicted molar refractivity (Wildman–Crippen MR) is 131 cm³/mol. The summed E-state index contributed by atoms with van der Waals surface area (Å²) in [7, 11) is 0. The number of primary amides is 1. The van der Waals surface area contributed by atoms with Crippen LogP contribution < -0.4 is 10.6 Å². The molecular weight excluding hydrogens is 520 g/mol. The van der Waals surface area contributed by atoms with Crippen molar-refractivity contribution in [2.45, 2.75) is 19.6 Å². The maximum absolute atomic E-state index is 14.1. The van der Waals surface area contributed by atoms with Crippen molar-refractivity contribution in [1.82, 2.24) is 14.8 Å². The highest BCUT2D eigenvalue weighted by molar-refractivity contribution is 6.11. The molecule has 4 aromatic rings. The molecule has 2 aromatic heterocycles. The SMILES string of the molecule is Cc1c(N(CCO)C(=O)c2cc(C(N)=O)c3ccc(F)cc3n2)c(C(F)(F)F)nn1Cc1ccc(C#N)cc1. The number of fused-ring (bicyclic) bond motifs is 1. The Bertz CT molecular complexity index is 1620. The Morgan fingerprint density at radius 1 is 1.15 bits per heavy atom. The first-order valence-electron chi connectivity index (χ1n) is 11.4. The summed E-state index contributed by atoms with van der Waals surface area (Å²) < 4.78 is 57.3. The summed E-state index contributed by atoms with van der Waals surface area (Å²) >= 11 is 0. The quantitative estimate of drug-likeness (QED) is 0.344. The second kappa shape index (κ2) is 10.5. The molecule has 0 saturated carbocycles. The van der Waals surface area contributed by atoms with Crippen LogP contribution in [0.25, 0.3) is 10.9 Å². The summed E-state index contributed by atoms with van der Waals surface area (Å²) in [5, 5.41) is 22.5. The van der Waals surface area contributed by atoms with E-state index in [9.17, 15) is 32.3 Å². The number of anilines is 1. The standard InChI is InChI=1S/C26H20F4N6O3/c1-14-22(23(26(28,29)30)34-36(14)13-16-4-2-15(12-31)3-5-16)35(8-9-37)25(39)21-11-19(24(32)38)18-7-6-17(27)10-20(18)33-21/h2-7,10-11,37H,8-9,13H2,1H3,(H2,32,38). The Morgan fingerprint density at radius 3 is 2.44 bits per heavy atom. The average molecular weight is 540 g/mol. The van der Waals surface area contributed by atoms with Crippen LogP contribution in [0.5, 0.6) is 0 Å². The Labute approximate surface area is 218 Å². The maximum atomic E-state index is 14.1. The van der Waals surface area contributed by atoms with Gasteiger partial charge in [0.1, 0.15) is 11.5 Å². The van der Waals surface area contributed by atoms with Gasteiger partial charge in [0, 0.05) is 18.0 Å². The van der Waals surface area contributed by atoms with Crippen LogP contribution in [-0.4, -0.2) is 44.8 Å². The molecule has 0 atom stereocenters. The summed E-state index contributed by atoms with van der Waals surface area (Å²) in [6.07, 6.45) is -4.98. The number of alkyl halides is 3. The van der Waals surface area contributed by atoms with Crippen LogP contribution in [0.1, 0.15) is 43.4 Å². The minimum atomic E-state index is -4.98. The van der Waals surface area contributed by atoms with Crippen molar-refractivity contribution >= 4 is 28.4 Å². The van der Waals surface area contributed by atoms with Gasteiger partial charge in [0.2, 0.25) is 5.91 Å². The van der Waals surface area contributed by atoms with E-state index in [4.69, 9.17) is 11.0 Å². The van der Waals surface area contributed by atoms with Gasteiger partial charge in [0.25, 0.3) is 5.91 Å². The number of aromatic nitrogens is 3. The zero-order valence-corrected chi connectivity index (χ0v) is 20.3. The lowest BCUT2D eigenvalue weighted by atomic mass is 10.1. The second-order valence-corrected chi connectivity index (χ2v) is 8.51. The molecule has 9 nitrogen and oxygen atoms in total. The van der Waals surface area contributed by atoms with Crippen molar-refractivity contribution < 1.29 is 32.3 Å². The number of nitriles is 1. The normalized spacial score (nSPS) is 11.4. The average Bonchev–Trinajstić information content (AvgIpc) is 3.22. The van der Waals surface area contributed by atoms with Crippen LogP contribution in [-0.2, 0) is 12.7 Å². The number of carbonyl (C=O) groups is 2. The topological polar surface area (TPSA) is 138 Å². The molecule has 0 aliphatic carbocycles. The van der Waals surface area contributed by atoms with Gasteiger partial charge in [-0.1, -0.05) is 12.1 Å². The number of benzene rings is 2. The van der Waals surface area contributed by atoms with Crippen LogP contribution in [0.3, 0.4) is 0 Å². The smallest absolute Gasteiger partial charge is 0.395 e. The lowest BCUT2D eigenvalue weighted by molar-refractivity contribution is -0.141. The minimum absolute atomic E-state index is 0.0459. The van der Waals surface area contributed by atoms with E-state index in [1.54, 1.807) is 12.1 Å². The van der Waals surface area contributed by atoms with E-state index in [1.165, 1.54) is 25.1 Å². The van der Waals surface area contributed by atoms with E-state index in [1.807, 2.05) is 6.07 Å². The second-order valence-electron chi connectivity index (χ2n) is 8.51. The number of amides is 2. The van der Waals surface area contributed by atoms with Crippen LogP contribution in [0.2, 0.25) is 0 Å². The van der Waals surface area contributed by atoms with Crippen LogP contribution >= 0.6 is 0 Å². The number of pyridine rings is 1. The number of aliphatic hydroxyl groups is 1. The molecule has 0 bridgehead atoms. The molecule has 0 aliphatic rings. The highest BCUT2D eigenvalue weighted by Crippen LogP contribution is 2.39. The van der Waals surface area contributed by atoms with Crippen molar-refractivity contribution in [2.24, 2.45) is 5.73 Å². The van der Waals surface area contributed by atoms with E-state index < -0.39 is 54.0 Å². The third kappa shape index (κ3) is 5.41. The highest BCUT2D eigenvalue weighted by Gasteiger charge is 2.42. The number of halogens is 4. The zero-order valence-electron chi connectivity index (χ0n) is 20.3. The first-order chi connectivity index (χ1) is 18.4. The molecule has 2 amide bonds. The molecule has 0 saturated heterocycles. The first kappa shape index (κ1) is 27.2. The van der Waals surface area contributed by atoms with Gasteiger partial charge in [-0.3, -0.25) is 14.3 Å². The largest absolute Gasteiger partial charge is 0.437 e. The number of hydrogen-bond donors (Lipinski definition) is 2. The Kier molecular flexibility index (Phi) is 7.33. The monoisotopic (exact) mass is 540 g/mol. The van der Waals surface area contributed by atoms with Crippen LogP contribution in [0.4, 0.5) is 23.2 Å². The predicted octanol–water partition coefficient (Wildman–Crippen LogP) is 3.56. The van der Waals surface area contributed by atoms with Crippen LogP contribution in [0, 0.1) is 24.1 Å². The molecule has 0 aliphatic heterocycles. The fraction of sp³-hybridized carbons (Fsp3) is 0.192. The number of carbonyl (C=O) groups excluding carboxylic acids is 2. The fourth-order valence-corrected chi connectivity index (χ4v) is 4.13. The molecular formula is C26H20F4N6O3. The molecule has 13 heteroatoms. The van der Waals surface area contributed by atoms with Crippen molar-refractivity contribution in [1.29, 1.82) is 5.26 Å². The maximum Gasteiger partial charge on any atom is 0.437 e. The number of aliphatic hydroxyl groups excluding tert-OH is 1. The van der Waals surface area contributed by atoms with E-state index in [0.29, 0.717) is 16.0 Å². The van der Waals surface area contributed by atoms with E-state index >= 15 is 0 Å². The van der Waals surface area contributed by atoms with E-state index in [0.717, 1.165) is 22.9 Å². The van der Waals surface area contributed by atoms with Crippen molar-refractivity contribution in [3.05, 3.63) is 88.1 Å². The van der Waals surface area contributed by atoms with E-state index in [2.05, 4.69) is 10.1 Å². The van der Waals surface area contributed by atoms with Gasteiger partial charge in [0.15, 0.2) is 5.69 Å². The molecule has 0 unspecified atom stereocenters. The van der Waals surface area contributed by atoms with Crippen LogP contribution in [0.15, 0.2) is 48.5 Å². The number of nitrogens with zero attached hydrogens (tertiary/aromatic N) is 5. The first-order valence-corrected chi connectivity index (χ1v) is 11.4. The minimum Gasteiger partial charge on any atom is -0.395 e. The van der Waals surface area contributed by atoms with Gasteiger partial charge >= 0.3 is 6.18 Å². The Hall–Kier alpha value is -4.83. The molecule has 4 rings (SSSR count). The lowest BCUT2D eigenvalue weighted by Crippen LogP contribution is -2.36. The van der Waals surface area contributed by atoms with Crippen molar-refractivity contribution in [2.75, 3.05) is 18.1 Å². The third-order valence-electron chi connectivity index (χ3n) is 5.95. The zero-order chi connectivity index (χ0) is 28.5. The summed E-state index contributed by atoms with van der Waals surface area (Å²) in [6.45, 7) is -0.0632. The molecule has 0 spiro atoms. The van der Waals surface area contributed by atoms with Crippen molar-refractivity contribution in [3.63, 3.8) is 0 Å². The highest BCUT2D eigenvalue weighted by atomic mass is 19.4. The number of nitrogens with two attached hydrogens (primary N) is 1. The lowest BCUT2D eigenvalue weighted by Gasteiger charge is -2.23. The molecule has 0 fully saturated rings. The Morgan fingerprint density at radius 2 is 1.85 bits per heavy atom. The van der Waals surface area contributed by atoms with E-state index in [-0.39, 0.29) is 28.7 Å². The summed E-state index contributed by atoms with van der Waals surface area (Å²) in [4.78, 5) is 30.4. The molecule has 0 radical (unpaired) electrons. The van der Waals surface area contributed by atoms with Gasteiger partial charge in [-0.15, -0.1) is 0 Å². The van der Waals surface area contributed by atoms with Gasteiger partial charge < -0.3 is 15.7 Å². The number of hydrogen-bond acceptors (Lipinski definition) is 6. The van der Waals surface area contributed by atoms with Crippen molar-refractivity contribution in [3.8, 4) is 6.07 Å². The van der Waals surface area contributed by atoms with Gasteiger partial charge in [-0.2, -0.15) is 23.5 Å². The summed E-state index contributed by atoms with van der Waals surface area (Å²) in [5.41, 5.74) is 3.53. The number of rotatable bonds is 7. The summed E-state index contributed by atoms with van der Waals surface area (Å²) in [5.74, 6) is -2.77. The molecule has 200 valence electrons. The molecule has 2 heterocycles. The summed E-state index contributed by atoms with van der Waals surface area (Å²) in [6, 6.07) is 12.4. The van der Waals surface area contributed by atoms with Gasteiger partial charge in [0.05, 0.1) is 47.2 Å². The molecule has 39 heavy (non-hydrogen) atoms. The molecule has 2 aromatic carbocycles. The van der Waals surface area contributed by atoms with Gasteiger partial charge in [-0.25, -0.2) is 9.37 Å². The molecule has 3 N–H and O–H groups in total. The van der Waals surface area contributed by atoms with Gasteiger partial charge in [-0.05, 0) is 42.8 Å². The third-order valence-corrected chi connectivity index (χ3v) is 5.95. The fourth-order valence-electron chi connectivity index (χ4n) is 4.13. The Balaban J connectivity index is 1.85.